The average Bonchev–Trinajstić information content (AvgIpc) is 3.09. The van der Waals surface area contributed by atoms with E-state index in [1.807, 2.05) is 0 Å². The Kier molecular flexibility index (Phi) is 8.58. The number of alkyl carbamates (subject to hydrolysis) is 1. The second kappa shape index (κ2) is 10.9. The first-order valence-corrected chi connectivity index (χ1v) is 13.3. The number of aliphatic hydroxyl groups excluding tert-OH is 1. The van der Waals surface area contributed by atoms with Crippen molar-refractivity contribution in [2.45, 2.75) is 116 Å². The van der Waals surface area contributed by atoms with Gasteiger partial charge in [0.25, 0.3) is 0 Å². The number of ether oxygens (including phenoxy) is 1. The van der Waals surface area contributed by atoms with Crippen LogP contribution in [0.4, 0.5) is 4.79 Å². The maximum atomic E-state index is 13.8. The summed E-state index contributed by atoms with van der Waals surface area (Å²) >= 11 is 0. The Morgan fingerprint density at radius 1 is 1.11 bits per heavy atom. The third-order valence-corrected chi connectivity index (χ3v) is 8.01. The van der Waals surface area contributed by atoms with Gasteiger partial charge in [0.2, 0.25) is 17.7 Å². The average molecular weight is 509 g/mol. The molecule has 0 bridgehead atoms. The minimum Gasteiger partial charge on any atom is -0.444 e. The van der Waals surface area contributed by atoms with Crippen LogP contribution in [0.25, 0.3) is 0 Å². The summed E-state index contributed by atoms with van der Waals surface area (Å²) in [6, 6.07) is -2.35. The predicted molar refractivity (Wildman–Crippen MR) is 133 cm³/mol. The van der Waals surface area contributed by atoms with Gasteiger partial charge in [0, 0.05) is 6.54 Å². The topological polar surface area (TPSA) is 151 Å². The van der Waals surface area contributed by atoms with E-state index in [4.69, 9.17) is 10.5 Å². The van der Waals surface area contributed by atoms with Gasteiger partial charge < -0.3 is 31.1 Å². The Labute approximate surface area is 214 Å². The molecule has 2 aliphatic heterocycles. The lowest BCUT2D eigenvalue weighted by atomic mass is 9.97. The zero-order chi connectivity index (χ0) is 26.8. The Morgan fingerprint density at radius 3 is 2.28 bits per heavy atom. The largest absolute Gasteiger partial charge is 0.444 e. The lowest BCUT2D eigenvalue weighted by Gasteiger charge is -2.34. The first-order chi connectivity index (χ1) is 16.7. The highest BCUT2D eigenvalue weighted by molar-refractivity contribution is 5.93. The first-order valence-electron chi connectivity index (χ1n) is 13.3. The monoisotopic (exact) mass is 508 g/mol. The zero-order valence-corrected chi connectivity index (χ0v) is 22.3. The summed E-state index contributed by atoms with van der Waals surface area (Å²) in [6.07, 6.45) is 3.96. The van der Waals surface area contributed by atoms with Crippen LogP contribution in [0.3, 0.4) is 0 Å². The fraction of sp³-hybridized carbons (Fsp3) is 0.846. The van der Waals surface area contributed by atoms with Gasteiger partial charge >= 0.3 is 6.09 Å². The molecule has 3 rings (SSSR count). The molecule has 4 amide bonds. The van der Waals surface area contributed by atoms with Crippen molar-refractivity contribution in [3.63, 3.8) is 0 Å². The molecular formula is C26H44N4O6. The van der Waals surface area contributed by atoms with Crippen molar-refractivity contribution in [1.29, 1.82) is 0 Å². The lowest BCUT2D eigenvalue weighted by Crippen LogP contribution is -2.58. The number of hydrogen-bond acceptors (Lipinski definition) is 6. The molecule has 204 valence electrons. The van der Waals surface area contributed by atoms with Crippen LogP contribution in [-0.2, 0) is 19.1 Å². The molecule has 5 N–H and O–H groups in total. The Hall–Kier alpha value is -2.36. The van der Waals surface area contributed by atoms with E-state index >= 15 is 0 Å². The Bertz CT molecular complexity index is 854. The van der Waals surface area contributed by atoms with Crippen LogP contribution in [-0.4, -0.2) is 70.2 Å². The summed E-state index contributed by atoms with van der Waals surface area (Å²) in [5.41, 5.74) is 4.55. The van der Waals surface area contributed by atoms with Crippen molar-refractivity contribution in [3.8, 4) is 0 Å². The smallest absolute Gasteiger partial charge is 0.408 e. The molecule has 1 aliphatic carbocycles. The van der Waals surface area contributed by atoms with Gasteiger partial charge in [-0.15, -0.1) is 0 Å². The summed E-state index contributed by atoms with van der Waals surface area (Å²) in [6.45, 7) is 9.87. The van der Waals surface area contributed by atoms with Crippen LogP contribution in [0.2, 0.25) is 0 Å². The van der Waals surface area contributed by atoms with Crippen LogP contribution in [0.5, 0.6) is 0 Å². The number of nitrogens with one attached hydrogen (secondary N) is 2. The molecule has 1 unspecified atom stereocenters. The van der Waals surface area contributed by atoms with Gasteiger partial charge in [-0.2, -0.15) is 0 Å². The minimum atomic E-state index is -1.50. The third-order valence-electron chi connectivity index (χ3n) is 8.01. The molecule has 2 saturated heterocycles. The molecule has 10 heteroatoms. The van der Waals surface area contributed by atoms with Gasteiger partial charge in [-0.1, -0.05) is 52.4 Å². The van der Waals surface area contributed by atoms with Crippen LogP contribution < -0.4 is 16.4 Å². The lowest BCUT2D eigenvalue weighted by molar-refractivity contribution is -0.143. The predicted octanol–water partition coefficient (Wildman–Crippen LogP) is 1.83. The van der Waals surface area contributed by atoms with Crippen LogP contribution in [0.1, 0.15) is 86.0 Å². The SMILES string of the molecule is CC(C)(C)OC(=O)N[C@H]1CCCCCCCC[C@@H](C(O)C(N)=O)NC(=O)[C@@H]2[C@@H]3[C@H](CN2C1=O)C3(C)C. The molecule has 0 aromatic carbocycles. The maximum absolute atomic E-state index is 13.8. The first kappa shape index (κ1) is 28.2. The number of fused-ring (bicyclic) bond motifs is 3. The quantitative estimate of drug-likeness (QED) is 0.457. The summed E-state index contributed by atoms with van der Waals surface area (Å²) in [4.78, 5) is 53.2. The fourth-order valence-corrected chi connectivity index (χ4v) is 5.92. The number of hydrogen-bond donors (Lipinski definition) is 4. The highest BCUT2D eigenvalue weighted by atomic mass is 16.6. The van der Waals surface area contributed by atoms with E-state index in [-0.39, 0.29) is 23.2 Å². The second-order valence-corrected chi connectivity index (χ2v) is 12.2. The van der Waals surface area contributed by atoms with E-state index in [1.165, 1.54) is 0 Å². The molecule has 36 heavy (non-hydrogen) atoms. The van der Waals surface area contributed by atoms with E-state index < -0.39 is 47.7 Å². The van der Waals surface area contributed by atoms with E-state index in [9.17, 15) is 24.3 Å². The number of rotatable bonds is 3. The van der Waals surface area contributed by atoms with Gasteiger partial charge in [-0.05, 0) is 50.9 Å². The van der Waals surface area contributed by atoms with Gasteiger partial charge in [0.1, 0.15) is 17.7 Å². The molecule has 10 nitrogen and oxygen atoms in total. The normalized spacial score (nSPS) is 32.2. The number of carbonyl (C=O) groups is 4. The number of primary amides is 1. The zero-order valence-electron chi connectivity index (χ0n) is 22.3. The van der Waals surface area contributed by atoms with Crippen LogP contribution in [0, 0.1) is 17.3 Å². The van der Waals surface area contributed by atoms with E-state index in [0.717, 1.165) is 38.5 Å². The van der Waals surface area contributed by atoms with Crippen LogP contribution >= 0.6 is 0 Å². The molecule has 0 spiro atoms. The molecule has 2 heterocycles. The van der Waals surface area contributed by atoms with E-state index in [0.29, 0.717) is 19.4 Å². The van der Waals surface area contributed by atoms with Crippen molar-refractivity contribution in [3.05, 3.63) is 0 Å². The van der Waals surface area contributed by atoms with Gasteiger partial charge in [0.05, 0.1) is 6.04 Å². The summed E-state index contributed by atoms with van der Waals surface area (Å²) < 4.78 is 5.40. The molecule has 0 aromatic rings. The maximum Gasteiger partial charge on any atom is 0.408 e. The standard InChI is InChI=1S/C26H44N4O6/c1-25(2,3)36-24(35)29-17-13-11-9-7-6-8-10-12-16(20(31)21(27)32)28-22(33)19-18-15(26(18,4)5)14-30(19)23(17)34/h15-20,31H,6-14H2,1-5H3,(H2,27,32)(H,28,33)(H,29,35)/t15-,16-,17-,18-,19-,20?/m0/s1. The molecule has 1 saturated carbocycles. The van der Waals surface area contributed by atoms with Crippen molar-refractivity contribution in [2.24, 2.45) is 23.0 Å². The third kappa shape index (κ3) is 6.49. The molecule has 3 aliphatic rings. The minimum absolute atomic E-state index is 0.0364. The number of nitrogens with zero attached hydrogens (tertiary/aromatic N) is 1. The summed E-state index contributed by atoms with van der Waals surface area (Å²) in [7, 11) is 0. The fourth-order valence-electron chi connectivity index (χ4n) is 5.92. The van der Waals surface area contributed by atoms with Crippen LogP contribution in [0.15, 0.2) is 0 Å². The Morgan fingerprint density at radius 2 is 1.69 bits per heavy atom. The van der Waals surface area contributed by atoms with Gasteiger partial charge in [-0.25, -0.2) is 4.79 Å². The highest BCUT2D eigenvalue weighted by Gasteiger charge is 2.69. The number of aliphatic hydroxyl groups is 1. The number of nitrogens with two attached hydrogens (primary N) is 1. The van der Waals surface area contributed by atoms with Crippen molar-refractivity contribution in [1.82, 2.24) is 15.5 Å². The Balaban J connectivity index is 1.86. The van der Waals surface area contributed by atoms with E-state index in [1.54, 1.807) is 25.7 Å². The number of carbonyl (C=O) groups excluding carboxylic acids is 4. The van der Waals surface area contributed by atoms with Crippen molar-refractivity contribution < 1.29 is 29.0 Å². The summed E-state index contributed by atoms with van der Waals surface area (Å²) in [5.74, 6) is -1.45. The van der Waals surface area contributed by atoms with Crippen molar-refractivity contribution >= 4 is 23.8 Å². The molecule has 0 radical (unpaired) electrons. The summed E-state index contributed by atoms with van der Waals surface area (Å²) in [5, 5.41) is 16.0. The molecule has 0 aromatic heterocycles. The second-order valence-electron chi connectivity index (χ2n) is 12.2. The molecule has 3 fully saturated rings. The number of piperidine rings is 1. The van der Waals surface area contributed by atoms with E-state index in [2.05, 4.69) is 24.5 Å². The molecule has 6 atom stereocenters. The van der Waals surface area contributed by atoms with Gasteiger partial charge in [0.15, 0.2) is 6.10 Å². The molecular weight excluding hydrogens is 464 g/mol. The van der Waals surface area contributed by atoms with Crippen molar-refractivity contribution in [2.75, 3.05) is 6.54 Å². The highest BCUT2D eigenvalue weighted by Crippen LogP contribution is 2.65. The van der Waals surface area contributed by atoms with Gasteiger partial charge in [-0.3, -0.25) is 14.4 Å². The number of amides is 4.